The van der Waals surface area contributed by atoms with Crippen molar-refractivity contribution >= 4 is 0 Å². The molecule has 0 bridgehead atoms. The van der Waals surface area contributed by atoms with Gasteiger partial charge in [-0.05, 0) is 26.2 Å². The van der Waals surface area contributed by atoms with E-state index in [4.69, 9.17) is 5.73 Å². The van der Waals surface area contributed by atoms with Crippen LogP contribution in [0.3, 0.4) is 0 Å². The summed E-state index contributed by atoms with van der Waals surface area (Å²) >= 11 is 0. The topological polar surface area (TPSA) is 77.0 Å². The van der Waals surface area contributed by atoms with Gasteiger partial charge in [-0.2, -0.15) is 5.10 Å². The number of rotatable bonds is 3. The highest BCUT2D eigenvalue weighted by atomic mass is 16.3. The summed E-state index contributed by atoms with van der Waals surface area (Å²) in [4.78, 5) is 4.17. The van der Waals surface area contributed by atoms with Gasteiger partial charge in [0.1, 0.15) is 12.2 Å². The standard InChI is InChI=1S/C10H18N4O/c1-2-14-9(12-7-13-14)6-10(15)4-3-8(11)5-10/h7-8,15H,2-6,11H2,1H3. The van der Waals surface area contributed by atoms with Crippen molar-refractivity contribution in [2.45, 2.75) is 50.8 Å². The summed E-state index contributed by atoms with van der Waals surface area (Å²) in [5.74, 6) is 0.856. The Kier molecular flexibility index (Phi) is 2.75. The largest absolute Gasteiger partial charge is 0.389 e. The van der Waals surface area contributed by atoms with Gasteiger partial charge in [-0.3, -0.25) is 4.68 Å². The van der Waals surface area contributed by atoms with E-state index in [1.54, 1.807) is 0 Å². The van der Waals surface area contributed by atoms with Crippen LogP contribution in [0.1, 0.15) is 32.0 Å². The summed E-state index contributed by atoms with van der Waals surface area (Å²) < 4.78 is 1.82. The van der Waals surface area contributed by atoms with E-state index in [1.807, 2.05) is 11.6 Å². The van der Waals surface area contributed by atoms with Crippen LogP contribution in [0, 0.1) is 0 Å². The van der Waals surface area contributed by atoms with Crippen LogP contribution in [0.15, 0.2) is 6.33 Å². The highest BCUT2D eigenvalue weighted by Gasteiger charge is 2.36. The first-order chi connectivity index (χ1) is 7.13. The predicted octanol–water partition coefficient (Wildman–Crippen LogP) is 0.0828. The molecule has 0 saturated heterocycles. The van der Waals surface area contributed by atoms with Crippen LogP contribution in [0.5, 0.6) is 0 Å². The van der Waals surface area contributed by atoms with Crippen molar-refractivity contribution in [2.75, 3.05) is 0 Å². The van der Waals surface area contributed by atoms with Gasteiger partial charge in [-0.25, -0.2) is 4.98 Å². The Morgan fingerprint density at radius 1 is 1.73 bits per heavy atom. The maximum absolute atomic E-state index is 10.3. The molecule has 0 aliphatic heterocycles. The SMILES string of the molecule is CCn1ncnc1CC1(O)CCC(N)C1. The van der Waals surface area contributed by atoms with Gasteiger partial charge < -0.3 is 10.8 Å². The molecule has 15 heavy (non-hydrogen) atoms. The third-order valence-corrected chi connectivity index (χ3v) is 3.11. The van der Waals surface area contributed by atoms with Crippen LogP contribution < -0.4 is 5.73 Å². The fourth-order valence-electron chi connectivity index (χ4n) is 2.29. The predicted molar refractivity (Wildman–Crippen MR) is 56.2 cm³/mol. The van der Waals surface area contributed by atoms with Crippen LogP contribution >= 0.6 is 0 Å². The first kappa shape index (κ1) is 10.6. The summed E-state index contributed by atoms with van der Waals surface area (Å²) in [6.45, 7) is 2.81. The zero-order chi connectivity index (χ0) is 10.9. The molecule has 5 nitrogen and oxygen atoms in total. The average Bonchev–Trinajstić information content (AvgIpc) is 2.74. The molecule has 5 heteroatoms. The van der Waals surface area contributed by atoms with Crippen LogP contribution in [0.25, 0.3) is 0 Å². The molecule has 84 valence electrons. The molecule has 0 spiro atoms. The fourth-order valence-corrected chi connectivity index (χ4v) is 2.29. The van der Waals surface area contributed by atoms with Gasteiger partial charge >= 0.3 is 0 Å². The Morgan fingerprint density at radius 3 is 3.13 bits per heavy atom. The molecule has 2 unspecified atom stereocenters. The Labute approximate surface area is 89.3 Å². The molecule has 1 saturated carbocycles. The Bertz CT molecular complexity index is 338. The van der Waals surface area contributed by atoms with Crippen molar-refractivity contribution in [3.8, 4) is 0 Å². The third-order valence-electron chi connectivity index (χ3n) is 3.11. The molecule has 2 rings (SSSR count). The first-order valence-electron chi connectivity index (χ1n) is 5.47. The number of nitrogens with two attached hydrogens (primary N) is 1. The first-order valence-corrected chi connectivity index (χ1v) is 5.47. The van der Waals surface area contributed by atoms with E-state index in [2.05, 4.69) is 10.1 Å². The van der Waals surface area contributed by atoms with Crippen molar-refractivity contribution in [1.29, 1.82) is 0 Å². The molecule has 1 fully saturated rings. The number of nitrogens with zero attached hydrogens (tertiary/aromatic N) is 3. The number of hydrogen-bond donors (Lipinski definition) is 2. The van der Waals surface area contributed by atoms with Crippen molar-refractivity contribution in [3.63, 3.8) is 0 Å². The second-order valence-electron chi connectivity index (χ2n) is 4.40. The minimum Gasteiger partial charge on any atom is -0.389 e. The van der Waals surface area contributed by atoms with Gasteiger partial charge in [0.2, 0.25) is 0 Å². The Balaban J connectivity index is 2.08. The second kappa shape index (κ2) is 3.90. The van der Waals surface area contributed by atoms with Gasteiger partial charge in [0.25, 0.3) is 0 Å². The van der Waals surface area contributed by atoms with Crippen LogP contribution in [0.2, 0.25) is 0 Å². The molecule has 0 amide bonds. The fraction of sp³-hybridized carbons (Fsp3) is 0.800. The highest BCUT2D eigenvalue weighted by Crippen LogP contribution is 2.31. The monoisotopic (exact) mass is 210 g/mol. The lowest BCUT2D eigenvalue weighted by Gasteiger charge is -2.21. The summed E-state index contributed by atoms with van der Waals surface area (Å²) in [5.41, 5.74) is 5.14. The average molecular weight is 210 g/mol. The lowest BCUT2D eigenvalue weighted by molar-refractivity contribution is 0.0438. The van der Waals surface area contributed by atoms with E-state index in [0.29, 0.717) is 12.8 Å². The molecule has 1 aliphatic rings. The number of aliphatic hydroxyl groups is 1. The summed E-state index contributed by atoms with van der Waals surface area (Å²) in [5, 5.41) is 14.4. The van der Waals surface area contributed by atoms with Crippen LogP contribution in [-0.4, -0.2) is 31.5 Å². The lowest BCUT2D eigenvalue weighted by atomic mass is 9.97. The molecule has 0 radical (unpaired) electrons. The molecular weight excluding hydrogens is 192 g/mol. The summed E-state index contributed by atoms with van der Waals surface area (Å²) in [7, 11) is 0. The maximum Gasteiger partial charge on any atom is 0.138 e. The van der Waals surface area contributed by atoms with Gasteiger partial charge in [0.15, 0.2) is 0 Å². The third kappa shape index (κ3) is 2.18. The molecule has 1 heterocycles. The van der Waals surface area contributed by atoms with Gasteiger partial charge in [-0.1, -0.05) is 0 Å². The molecule has 2 atom stereocenters. The molecule has 1 aromatic heterocycles. The maximum atomic E-state index is 10.3. The quantitative estimate of drug-likeness (QED) is 0.741. The molecule has 1 aliphatic carbocycles. The van der Waals surface area contributed by atoms with Crippen LogP contribution in [0.4, 0.5) is 0 Å². The van der Waals surface area contributed by atoms with Crippen molar-refractivity contribution in [2.24, 2.45) is 5.73 Å². The molecule has 0 aromatic carbocycles. The molecular formula is C10H18N4O. The highest BCUT2D eigenvalue weighted by molar-refractivity contribution is 5.00. The van der Waals surface area contributed by atoms with Crippen LogP contribution in [-0.2, 0) is 13.0 Å². The van der Waals surface area contributed by atoms with E-state index in [-0.39, 0.29) is 6.04 Å². The molecule has 3 N–H and O–H groups in total. The van der Waals surface area contributed by atoms with Gasteiger partial charge in [-0.15, -0.1) is 0 Å². The zero-order valence-electron chi connectivity index (χ0n) is 9.06. The zero-order valence-corrected chi connectivity index (χ0v) is 9.06. The minimum atomic E-state index is -0.667. The second-order valence-corrected chi connectivity index (χ2v) is 4.40. The molecule has 1 aromatic rings. The van der Waals surface area contributed by atoms with E-state index >= 15 is 0 Å². The van der Waals surface area contributed by atoms with Gasteiger partial charge in [0, 0.05) is 19.0 Å². The summed E-state index contributed by atoms with van der Waals surface area (Å²) in [6.07, 6.45) is 4.44. The van der Waals surface area contributed by atoms with Gasteiger partial charge in [0.05, 0.1) is 5.60 Å². The lowest BCUT2D eigenvalue weighted by Crippen LogP contribution is -2.31. The van der Waals surface area contributed by atoms with E-state index in [9.17, 15) is 5.11 Å². The Hall–Kier alpha value is -0.940. The van der Waals surface area contributed by atoms with Crippen molar-refractivity contribution in [3.05, 3.63) is 12.2 Å². The number of aromatic nitrogens is 3. The minimum absolute atomic E-state index is 0.132. The number of aryl methyl sites for hydroxylation is 1. The Morgan fingerprint density at radius 2 is 2.53 bits per heavy atom. The van der Waals surface area contributed by atoms with Crippen molar-refractivity contribution in [1.82, 2.24) is 14.8 Å². The number of hydrogen-bond acceptors (Lipinski definition) is 4. The van der Waals surface area contributed by atoms with E-state index in [0.717, 1.165) is 25.2 Å². The normalized spacial score (nSPS) is 31.0. The van der Waals surface area contributed by atoms with E-state index < -0.39 is 5.60 Å². The van der Waals surface area contributed by atoms with Crippen molar-refractivity contribution < 1.29 is 5.11 Å². The summed E-state index contributed by atoms with van der Waals surface area (Å²) in [6, 6.07) is 0.132. The van der Waals surface area contributed by atoms with E-state index in [1.165, 1.54) is 6.33 Å². The smallest absolute Gasteiger partial charge is 0.138 e.